The molecule has 1 aromatic heterocycles. The first kappa shape index (κ1) is 14.2. The summed E-state index contributed by atoms with van der Waals surface area (Å²) in [5.74, 6) is 0. The van der Waals surface area contributed by atoms with E-state index in [4.69, 9.17) is 18.2 Å². The second-order valence-electron chi connectivity index (χ2n) is 4.77. The molecule has 0 spiro atoms. The molecule has 0 fully saturated rings. The van der Waals surface area contributed by atoms with Crippen LogP contribution in [-0.2, 0) is 10.5 Å². The van der Waals surface area contributed by atoms with Crippen molar-refractivity contribution in [2.24, 2.45) is 0 Å². The van der Waals surface area contributed by atoms with Crippen LogP contribution >= 0.6 is 0 Å². The van der Waals surface area contributed by atoms with Gasteiger partial charge >= 0.3 is 10.5 Å². The number of pyridine rings is 1. The summed E-state index contributed by atoms with van der Waals surface area (Å²) in [7, 11) is -2.61. The summed E-state index contributed by atoms with van der Waals surface area (Å²) in [5, 5.41) is 4.96. The Kier molecular flexibility index (Phi) is 3.80. The molecule has 4 rings (SSSR count). The molecule has 0 aliphatic carbocycles. The van der Waals surface area contributed by atoms with Crippen molar-refractivity contribution in [2.75, 3.05) is 0 Å². The third-order valence-electron chi connectivity index (χ3n) is 3.43. The van der Waals surface area contributed by atoms with E-state index in [9.17, 15) is 0 Å². The van der Waals surface area contributed by atoms with E-state index in [2.05, 4.69) is 60.7 Å². The van der Waals surface area contributed by atoms with Crippen LogP contribution < -0.4 is 0 Å². The highest BCUT2D eigenvalue weighted by Gasteiger charge is 2.02. The van der Waals surface area contributed by atoms with Crippen molar-refractivity contribution in [2.45, 2.75) is 0 Å². The fourth-order valence-electron chi connectivity index (χ4n) is 2.53. The van der Waals surface area contributed by atoms with E-state index < -0.39 is 10.5 Å². The second-order valence-corrected chi connectivity index (χ2v) is 5.24. The van der Waals surface area contributed by atoms with Crippen LogP contribution in [0.2, 0.25) is 0 Å². The molecule has 0 unspecified atom stereocenters. The molecule has 0 atom stereocenters. The molecule has 0 radical (unpaired) electrons. The Hall–Kier alpha value is -2.79. The highest BCUT2D eigenvalue weighted by atomic mass is 32.2. The molecular formula is C17H12N2O2S. The molecule has 1 N–H and O–H groups in total. The Balaban J connectivity index is 0.000000325. The molecule has 0 aliphatic rings. The molecule has 5 heteroatoms. The molecule has 22 heavy (non-hydrogen) atoms. The molecule has 0 saturated heterocycles. The highest BCUT2D eigenvalue weighted by Crippen LogP contribution is 2.26. The predicted octanol–water partition coefficient (Wildman–Crippen LogP) is 4.17. The van der Waals surface area contributed by atoms with Gasteiger partial charge < -0.3 is 0 Å². The lowest BCUT2D eigenvalue weighted by atomic mass is 10.0. The fourth-order valence-corrected chi connectivity index (χ4v) is 2.53. The summed E-state index contributed by atoms with van der Waals surface area (Å²) in [6, 6.07) is 23.2. The van der Waals surface area contributed by atoms with Crippen LogP contribution in [0, 0.1) is 4.78 Å². The van der Waals surface area contributed by atoms with Gasteiger partial charge in [0.25, 0.3) is 0 Å². The largest absolute Gasteiger partial charge is 0.308 e. The average Bonchev–Trinajstić information content (AvgIpc) is 2.52. The predicted molar refractivity (Wildman–Crippen MR) is 88.4 cm³/mol. The second kappa shape index (κ2) is 5.91. The Labute approximate surface area is 128 Å². The highest BCUT2D eigenvalue weighted by molar-refractivity contribution is 7.60. The molecule has 0 bridgehead atoms. The van der Waals surface area contributed by atoms with Crippen molar-refractivity contribution in [1.82, 2.24) is 4.98 Å². The number of nitrogens with one attached hydrogen (secondary N) is 1. The van der Waals surface area contributed by atoms with Gasteiger partial charge in [-0.15, -0.1) is 0 Å². The van der Waals surface area contributed by atoms with Crippen LogP contribution in [0.1, 0.15) is 0 Å². The lowest BCUT2D eigenvalue weighted by Gasteiger charge is -2.05. The van der Waals surface area contributed by atoms with E-state index in [1.807, 2.05) is 6.07 Å². The molecule has 108 valence electrons. The van der Waals surface area contributed by atoms with Crippen LogP contribution in [0.15, 0.2) is 66.7 Å². The molecule has 0 amide bonds. The normalized spacial score (nSPS) is 10.4. The molecule has 0 saturated carbocycles. The van der Waals surface area contributed by atoms with Gasteiger partial charge in [-0.1, -0.05) is 48.5 Å². The standard InChI is InChI=1S/C17H11N.HNO2S/c1-3-7-14-12(5-1)9-10-17-15(14)11-13-6-2-4-8-16(13)18-17;1-4(2)3/h1-11H;1H. The van der Waals surface area contributed by atoms with Crippen LogP contribution in [-0.4, -0.2) is 13.4 Å². The summed E-state index contributed by atoms with van der Waals surface area (Å²) < 4.78 is 22.8. The lowest BCUT2D eigenvalue weighted by molar-refractivity contribution is 0.620. The van der Waals surface area contributed by atoms with Crippen molar-refractivity contribution in [3.63, 3.8) is 0 Å². The molecule has 3 aromatic carbocycles. The zero-order chi connectivity index (χ0) is 15.5. The van der Waals surface area contributed by atoms with Crippen LogP contribution in [0.4, 0.5) is 0 Å². The SMILES string of the molecule is N=S(=O)=O.c1ccc2nc3ccc4ccccc4c3cc2c1. The van der Waals surface area contributed by atoms with Crippen LogP contribution in [0.5, 0.6) is 0 Å². The number of benzene rings is 3. The maximum Gasteiger partial charge on any atom is 0.308 e. The number of fused-ring (bicyclic) bond motifs is 4. The Morgan fingerprint density at radius 1 is 0.727 bits per heavy atom. The number of aromatic nitrogens is 1. The first-order valence-corrected chi connectivity index (χ1v) is 7.70. The number of hydrogen-bond acceptors (Lipinski definition) is 4. The van der Waals surface area contributed by atoms with Crippen LogP contribution in [0.3, 0.4) is 0 Å². The maximum atomic E-state index is 8.67. The summed E-state index contributed by atoms with van der Waals surface area (Å²) in [4.78, 5) is 4.73. The summed E-state index contributed by atoms with van der Waals surface area (Å²) in [6.07, 6.45) is 0. The van der Waals surface area contributed by atoms with Crippen molar-refractivity contribution in [3.8, 4) is 0 Å². The van der Waals surface area contributed by atoms with Crippen LogP contribution in [0.25, 0.3) is 32.6 Å². The van der Waals surface area contributed by atoms with Gasteiger partial charge in [0.2, 0.25) is 0 Å². The van der Waals surface area contributed by atoms with Gasteiger partial charge in [-0.3, -0.25) is 0 Å². The van der Waals surface area contributed by atoms with Crippen molar-refractivity contribution in [3.05, 3.63) is 66.7 Å². The van der Waals surface area contributed by atoms with E-state index in [1.165, 1.54) is 21.5 Å². The summed E-state index contributed by atoms with van der Waals surface area (Å²) in [5.41, 5.74) is 2.12. The molecule has 1 heterocycles. The van der Waals surface area contributed by atoms with Gasteiger partial charge in [-0.05, 0) is 29.0 Å². The lowest BCUT2D eigenvalue weighted by Crippen LogP contribution is -1.83. The average molecular weight is 308 g/mol. The number of hydrogen-bond donors (Lipinski definition) is 1. The van der Waals surface area contributed by atoms with Gasteiger partial charge in [0.05, 0.1) is 11.0 Å². The van der Waals surface area contributed by atoms with E-state index in [-0.39, 0.29) is 0 Å². The van der Waals surface area contributed by atoms with E-state index in [0.29, 0.717) is 0 Å². The first-order chi connectivity index (χ1) is 10.6. The third kappa shape index (κ3) is 2.80. The fraction of sp³-hybridized carbons (Fsp3) is 0. The zero-order valence-corrected chi connectivity index (χ0v) is 12.3. The van der Waals surface area contributed by atoms with Gasteiger partial charge in [0.1, 0.15) is 0 Å². The first-order valence-electron chi connectivity index (χ1n) is 6.63. The zero-order valence-electron chi connectivity index (χ0n) is 11.5. The molecular weight excluding hydrogens is 296 g/mol. The van der Waals surface area contributed by atoms with Gasteiger partial charge in [0.15, 0.2) is 0 Å². The number of nitrogens with zero attached hydrogens (tertiary/aromatic N) is 1. The Bertz CT molecular complexity index is 1080. The third-order valence-corrected chi connectivity index (χ3v) is 3.43. The minimum Gasteiger partial charge on any atom is -0.248 e. The molecule has 0 aliphatic heterocycles. The topological polar surface area (TPSA) is 70.9 Å². The monoisotopic (exact) mass is 308 g/mol. The van der Waals surface area contributed by atoms with E-state index in [1.54, 1.807) is 0 Å². The minimum absolute atomic E-state index is 1.06. The minimum atomic E-state index is -2.61. The van der Waals surface area contributed by atoms with Gasteiger partial charge in [-0.2, -0.15) is 13.2 Å². The summed E-state index contributed by atoms with van der Waals surface area (Å²) >= 11 is 0. The Morgan fingerprint density at radius 3 is 2.14 bits per heavy atom. The Morgan fingerprint density at radius 2 is 1.36 bits per heavy atom. The quantitative estimate of drug-likeness (QED) is 0.391. The number of para-hydroxylation sites is 1. The summed E-state index contributed by atoms with van der Waals surface area (Å²) in [6.45, 7) is 0. The van der Waals surface area contributed by atoms with Gasteiger partial charge in [-0.25, -0.2) is 4.98 Å². The van der Waals surface area contributed by atoms with Crippen molar-refractivity contribution < 1.29 is 8.42 Å². The molecule has 4 nitrogen and oxygen atoms in total. The van der Waals surface area contributed by atoms with E-state index >= 15 is 0 Å². The van der Waals surface area contributed by atoms with Gasteiger partial charge in [0, 0.05) is 10.8 Å². The van der Waals surface area contributed by atoms with Crippen molar-refractivity contribution >= 4 is 43.1 Å². The maximum absolute atomic E-state index is 8.67. The van der Waals surface area contributed by atoms with E-state index in [0.717, 1.165) is 11.0 Å². The van der Waals surface area contributed by atoms with Crippen molar-refractivity contribution in [1.29, 1.82) is 4.78 Å². The molecule has 4 aromatic rings. The smallest absolute Gasteiger partial charge is 0.248 e. The number of rotatable bonds is 0.